The van der Waals surface area contributed by atoms with Gasteiger partial charge in [-0.1, -0.05) is 6.92 Å². The van der Waals surface area contributed by atoms with Gasteiger partial charge in [0.1, 0.15) is 5.60 Å². The minimum Gasteiger partial charge on any atom is -0.444 e. The van der Waals surface area contributed by atoms with Crippen LogP contribution in [0.3, 0.4) is 0 Å². The zero-order chi connectivity index (χ0) is 19.2. The maximum absolute atomic E-state index is 12.1. The third kappa shape index (κ3) is 8.41. The number of amides is 1. The van der Waals surface area contributed by atoms with E-state index in [4.69, 9.17) is 4.74 Å². The molecule has 1 unspecified atom stereocenters. The van der Waals surface area contributed by atoms with Crippen molar-refractivity contribution in [3.05, 3.63) is 0 Å². The Morgan fingerprint density at radius 2 is 1.81 bits per heavy atom. The lowest BCUT2D eigenvalue weighted by Crippen LogP contribution is -2.52. The standard InChI is InChI=1S/C19H37N5O2.HI/c1-16-7-6-9-24(15-16)17(20-5)21-8-10-22-11-13-23(14-12-22)18(25)26-19(2,3)4;/h16H,6-15H2,1-5H3,(H,20,21);1H. The van der Waals surface area contributed by atoms with E-state index >= 15 is 0 Å². The molecule has 2 saturated heterocycles. The molecule has 1 amide bonds. The van der Waals surface area contributed by atoms with E-state index in [0.29, 0.717) is 0 Å². The number of piperidine rings is 1. The summed E-state index contributed by atoms with van der Waals surface area (Å²) in [5, 5.41) is 3.50. The molecule has 158 valence electrons. The molecule has 1 atom stereocenters. The van der Waals surface area contributed by atoms with Crippen molar-refractivity contribution in [1.29, 1.82) is 0 Å². The van der Waals surface area contributed by atoms with Crippen LogP contribution in [0.2, 0.25) is 0 Å². The number of carbonyl (C=O) groups excluding carboxylic acids is 1. The lowest BCUT2D eigenvalue weighted by Gasteiger charge is -2.36. The van der Waals surface area contributed by atoms with Gasteiger partial charge in [-0.05, 0) is 39.5 Å². The second-order valence-electron chi connectivity index (χ2n) is 8.48. The molecular weight excluding hydrogens is 457 g/mol. The van der Waals surface area contributed by atoms with Crippen molar-refractivity contribution in [2.75, 3.05) is 59.4 Å². The maximum Gasteiger partial charge on any atom is 0.410 e. The van der Waals surface area contributed by atoms with Crippen molar-refractivity contribution in [2.24, 2.45) is 10.9 Å². The van der Waals surface area contributed by atoms with E-state index in [1.165, 1.54) is 12.8 Å². The van der Waals surface area contributed by atoms with Gasteiger partial charge in [0.2, 0.25) is 0 Å². The van der Waals surface area contributed by atoms with Gasteiger partial charge in [-0.2, -0.15) is 0 Å². The average molecular weight is 495 g/mol. The lowest BCUT2D eigenvalue weighted by atomic mass is 10.0. The number of nitrogens with one attached hydrogen (secondary N) is 1. The van der Waals surface area contributed by atoms with Gasteiger partial charge in [-0.3, -0.25) is 9.89 Å². The molecule has 0 aliphatic carbocycles. The SMILES string of the molecule is CN=C(NCCN1CCN(C(=O)OC(C)(C)C)CC1)N1CCCC(C)C1.I. The Bertz CT molecular complexity index is 487. The van der Waals surface area contributed by atoms with E-state index in [1.807, 2.05) is 32.7 Å². The van der Waals surface area contributed by atoms with E-state index in [1.54, 1.807) is 0 Å². The summed E-state index contributed by atoms with van der Waals surface area (Å²) in [7, 11) is 1.86. The molecule has 0 radical (unpaired) electrons. The highest BCUT2D eigenvalue weighted by molar-refractivity contribution is 14.0. The van der Waals surface area contributed by atoms with Crippen LogP contribution in [0.1, 0.15) is 40.5 Å². The van der Waals surface area contributed by atoms with E-state index in [0.717, 1.165) is 64.2 Å². The Kier molecular flexibility index (Phi) is 10.1. The predicted molar refractivity (Wildman–Crippen MR) is 121 cm³/mol. The molecule has 27 heavy (non-hydrogen) atoms. The first-order valence-corrected chi connectivity index (χ1v) is 9.94. The van der Waals surface area contributed by atoms with Crippen LogP contribution in [0, 0.1) is 5.92 Å². The van der Waals surface area contributed by atoms with Crippen LogP contribution in [-0.2, 0) is 4.74 Å². The summed E-state index contributed by atoms with van der Waals surface area (Å²) in [5.41, 5.74) is -0.431. The number of rotatable bonds is 3. The lowest BCUT2D eigenvalue weighted by molar-refractivity contribution is 0.0147. The van der Waals surface area contributed by atoms with E-state index < -0.39 is 5.60 Å². The second kappa shape index (κ2) is 11.3. The largest absolute Gasteiger partial charge is 0.444 e. The molecule has 0 aromatic carbocycles. The molecule has 0 spiro atoms. The summed E-state index contributed by atoms with van der Waals surface area (Å²) in [4.78, 5) is 23.1. The van der Waals surface area contributed by atoms with Crippen LogP contribution >= 0.6 is 24.0 Å². The Morgan fingerprint density at radius 1 is 1.15 bits per heavy atom. The number of ether oxygens (including phenoxy) is 1. The van der Waals surface area contributed by atoms with E-state index in [9.17, 15) is 4.79 Å². The third-order valence-corrected chi connectivity index (χ3v) is 4.90. The Labute approximate surface area is 181 Å². The molecule has 0 aromatic rings. The molecule has 2 fully saturated rings. The number of piperazine rings is 1. The highest BCUT2D eigenvalue weighted by atomic mass is 127. The van der Waals surface area contributed by atoms with E-state index in [2.05, 4.69) is 27.0 Å². The van der Waals surface area contributed by atoms with Gasteiger partial charge in [0.25, 0.3) is 0 Å². The normalized spacial score (nSPS) is 22.3. The highest BCUT2D eigenvalue weighted by Gasteiger charge is 2.26. The first-order chi connectivity index (χ1) is 12.3. The molecule has 2 aliphatic heterocycles. The maximum atomic E-state index is 12.1. The summed E-state index contributed by atoms with van der Waals surface area (Å²) in [6, 6.07) is 0. The van der Waals surface area contributed by atoms with Gasteiger partial charge in [0.05, 0.1) is 0 Å². The third-order valence-electron chi connectivity index (χ3n) is 4.90. The summed E-state index contributed by atoms with van der Waals surface area (Å²) in [5.74, 6) is 1.76. The molecule has 0 bridgehead atoms. The topological polar surface area (TPSA) is 60.4 Å². The molecule has 8 heteroatoms. The Morgan fingerprint density at radius 3 is 2.37 bits per heavy atom. The second-order valence-corrected chi connectivity index (χ2v) is 8.48. The number of aliphatic imine (C=N–C) groups is 1. The fourth-order valence-corrected chi connectivity index (χ4v) is 3.52. The minimum absolute atomic E-state index is 0. The van der Waals surface area contributed by atoms with Gasteiger partial charge in [0, 0.05) is 59.4 Å². The van der Waals surface area contributed by atoms with Crippen molar-refractivity contribution in [3.63, 3.8) is 0 Å². The number of hydrogen-bond acceptors (Lipinski definition) is 4. The Hall–Kier alpha value is -0.770. The fourth-order valence-electron chi connectivity index (χ4n) is 3.52. The van der Waals surface area contributed by atoms with Crippen molar-refractivity contribution in [2.45, 2.75) is 46.1 Å². The van der Waals surface area contributed by atoms with E-state index in [-0.39, 0.29) is 30.1 Å². The van der Waals surface area contributed by atoms with Crippen LogP contribution in [0.5, 0.6) is 0 Å². The molecule has 0 aromatic heterocycles. The predicted octanol–water partition coefficient (Wildman–Crippen LogP) is 2.46. The van der Waals surface area contributed by atoms with Crippen molar-refractivity contribution in [3.8, 4) is 0 Å². The Balaban J connectivity index is 0.00000364. The van der Waals surface area contributed by atoms with Gasteiger partial charge in [-0.15, -0.1) is 24.0 Å². The van der Waals surface area contributed by atoms with Crippen molar-refractivity contribution >= 4 is 36.0 Å². The van der Waals surface area contributed by atoms with Gasteiger partial charge < -0.3 is 19.9 Å². The van der Waals surface area contributed by atoms with Crippen LogP contribution in [-0.4, -0.2) is 91.8 Å². The first-order valence-electron chi connectivity index (χ1n) is 9.94. The number of nitrogens with zero attached hydrogens (tertiary/aromatic N) is 4. The smallest absolute Gasteiger partial charge is 0.410 e. The van der Waals surface area contributed by atoms with Crippen LogP contribution in [0.4, 0.5) is 4.79 Å². The molecular formula is C19H38IN5O2. The van der Waals surface area contributed by atoms with Crippen LogP contribution < -0.4 is 5.32 Å². The summed E-state index contributed by atoms with van der Waals surface area (Å²) in [6.07, 6.45) is 2.36. The number of carbonyl (C=O) groups is 1. The molecule has 2 rings (SSSR count). The summed E-state index contributed by atoms with van der Waals surface area (Å²) in [6.45, 7) is 15.3. The van der Waals surface area contributed by atoms with Crippen LogP contribution in [0.15, 0.2) is 4.99 Å². The number of guanidine groups is 1. The first kappa shape index (κ1) is 24.3. The van der Waals surface area contributed by atoms with Crippen LogP contribution in [0.25, 0.3) is 0 Å². The zero-order valence-electron chi connectivity index (χ0n) is 17.7. The van der Waals surface area contributed by atoms with Gasteiger partial charge in [-0.25, -0.2) is 4.79 Å². The quantitative estimate of drug-likeness (QED) is 0.371. The van der Waals surface area contributed by atoms with Crippen molar-refractivity contribution in [1.82, 2.24) is 20.0 Å². The molecule has 2 aliphatic rings. The molecule has 1 N–H and O–H groups in total. The fraction of sp³-hybridized carbons (Fsp3) is 0.895. The summed E-state index contributed by atoms with van der Waals surface area (Å²) >= 11 is 0. The highest BCUT2D eigenvalue weighted by Crippen LogP contribution is 2.15. The number of hydrogen-bond donors (Lipinski definition) is 1. The number of likely N-dealkylation sites (tertiary alicyclic amines) is 1. The monoisotopic (exact) mass is 495 g/mol. The zero-order valence-corrected chi connectivity index (χ0v) is 20.0. The van der Waals surface area contributed by atoms with Crippen molar-refractivity contribution < 1.29 is 9.53 Å². The molecule has 2 heterocycles. The van der Waals surface area contributed by atoms with Gasteiger partial charge >= 0.3 is 6.09 Å². The number of halogens is 1. The average Bonchev–Trinajstić information content (AvgIpc) is 2.58. The summed E-state index contributed by atoms with van der Waals surface area (Å²) < 4.78 is 5.45. The molecule has 7 nitrogen and oxygen atoms in total. The van der Waals surface area contributed by atoms with Gasteiger partial charge in [0.15, 0.2) is 5.96 Å². The molecule has 0 saturated carbocycles. The minimum atomic E-state index is -0.431.